The summed E-state index contributed by atoms with van der Waals surface area (Å²) in [6.07, 6.45) is 2.24. The van der Waals surface area contributed by atoms with E-state index in [9.17, 15) is 4.79 Å². The fourth-order valence-corrected chi connectivity index (χ4v) is 4.05. The molecule has 29 heavy (non-hydrogen) atoms. The maximum absolute atomic E-state index is 12.8. The molecule has 0 aliphatic carbocycles. The van der Waals surface area contributed by atoms with Gasteiger partial charge in [0.15, 0.2) is 5.76 Å². The molecule has 2 saturated heterocycles. The van der Waals surface area contributed by atoms with Crippen molar-refractivity contribution in [3.05, 3.63) is 35.4 Å². The predicted octanol–water partition coefficient (Wildman–Crippen LogP) is 0.941. The van der Waals surface area contributed by atoms with Gasteiger partial charge in [-0.25, -0.2) is 4.98 Å². The Labute approximate surface area is 169 Å². The zero-order valence-corrected chi connectivity index (χ0v) is 16.4. The van der Waals surface area contributed by atoms with Gasteiger partial charge in [0.05, 0.1) is 44.9 Å². The van der Waals surface area contributed by atoms with Crippen LogP contribution in [0.15, 0.2) is 22.8 Å². The third-order valence-corrected chi connectivity index (χ3v) is 5.65. The van der Waals surface area contributed by atoms with Crippen LogP contribution >= 0.6 is 0 Å². The first-order valence-corrected chi connectivity index (χ1v) is 10.2. The Kier molecular flexibility index (Phi) is 5.07. The lowest BCUT2D eigenvalue weighted by Gasteiger charge is -2.36. The molecule has 0 bridgehead atoms. The van der Waals surface area contributed by atoms with E-state index in [2.05, 4.69) is 9.80 Å². The molecule has 5 heterocycles. The Balaban J connectivity index is 1.48. The number of furan rings is 1. The summed E-state index contributed by atoms with van der Waals surface area (Å²) in [6.45, 7) is 7.03. The second kappa shape index (κ2) is 8.00. The van der Waals surface area contributed by atoms with Gasteiger partial charge in [-0.15, -0.1) is 0 Å². The lowest BCUT2D eigenvalue weighted by molar-refractivity contribution is 0.0700. The van der Waals surface area contributed by atoms with Gasteiger partial charge in [0.2, 0.25) is 5.95 Å². The summed E-state index contributed by atoms with van der Waals surface area (Å²) in [5.74, 6) is 1.97. The number of ether oxygens (including phenoxy) is 2. The second-order valence-electron chi connectivity index (χ2n) is 7.43. The topological polar surface area (TPSA) is 84.2 Å². The molecule has 1 amide bonds. The van der Waals surface area contributed by atoms with Crippen molar-refractivity contribution in [2.24, 2.45) is 0 Å². The number of carbonyl (C=O) groups is 1. The van der Waals surface area contributed by atoms with Crippen LogP contribution in [0.1, 0.15) is 21.8 Å². The smallest absolute Gasteiger partial charge is 0.289 e. The van der Waals surface area contributed by atoms with E-state index in [4.69, 9.17) is 23.9 Å². The van der Waals surface area contributed by atoms with Crippen molar-refractivity contribution in [2.45, 2.75) is 13.0 Å². The molecule has 9 nitrogen and oxygen atoms in total. The molecule has 0 aromatic carbocycles. The van der Waals surface area contributed by atoms with Crippen molar-refractivity contribution in [1.82, 2.24) is 14.9 Å². The molecule has 2 aromatic heterocycles. The molecule has 0 spiro atoms. The quantitative estimate of drug-likeness (QED) is 0.754. The van der Waals surface area contributed by atoms with Gasteiger partial charge in [-0.2, -0.15) is 4.98 Å². The van der Waals surface area contributed by atoms with Gasteiger partial charge >= 0.3 is 0 Å². The number of amides is 1. The third kappa shape index (κ3) is 3.67. The van der Waals surface area contributed by atoms with Crippen LogP contribution in [0.3, 0.4) is 0 Å². The summed E-state index contributed by atoms with van der Waals surface area (Å²) < 4.78 is 16.3. The average molecular weight is 399 g/mol. The van der Waals surface area contributed by atoms with E-state index in [1.165, 1.54) is 6.26 Å². The highest BCUT2D eigenvalue weighted by Gasteiger charge is 2.30. The number of nitrogens with zero attached hydrogens (tertiary/aromatic N) is 5. The highest BCUT2D eigenvalue weighted by atomic mass is 16.5. The minimum atomic E-state index is -0.0918. The first kappa shape index (κ1) is 18.4. The first-order chi connectivity index (χ1) is 14.3. The fourth-order valence-electron chi connectivity index (χ4n) is 4.05. The van der Waals surface area contributed by atoms with Crippen molar-refractivity contribution >= 4 is 17.7 Å². The molecule has 0 radical (unpaired) electrons. The van der Waals surface area contributed by atoms with Crippen LogP contribution in [-0.4, -0.2) is 79.9 Å². The molecule has 2 fully saturated rings. The van der Waals surface area contributed by atoms with E-state index < -0.39 is 0 Å². The Hall–Kier alpha value is -2.65. The number of fused-ring (bicyclic) bond motifs is 1. The molecule has 0 unspecified atom stereocenters. The second-order valence-corrected chi connectivity index (χ2v) is 7.43. The van der Waals surface area contributed by atoms with Crippen molar-refractivity contribution in [1.29, 1.82) is 0 Å². The fraction of sp³-hybridized carbons (Fsp3) is 0.550. The SMILES string of the molecule is O=C(c1ccco1)N1CCc2nc(N3CCOCC3)nc(N3CCOCC3)c2C1. The lowest BCUT2D eigenvalue weighted by atomic mass is 10.0. The van der Waals surface area contributed by atoms with Crippen LogP contribution in [-0.2, 0) is 22.4 Å². The van der Waals surface area contributed by atoms with Crippen molar-refractivity contribution in [2.75, 3.05) is 69.0 Å². The van der Waals surface area contributed by atoms with Gasteiger partial charge in [0.1, 0.15) is 5.82 Å². The first-order valence-electron chi connectivity index (χ1n) is 10.2. The minimum absolute atomic E-state index is 0.0918. The largest absolute Gasteiger partial charge is 0.459 e. The van der Waals surface area contributed by atoms with Gasteiger partial charge in [-0.1, -0.05) is 0 Å². The Morgan fingerprint density at radius 1 is 0.931 bits per heavy atom. The zero-order chi connectivity index (χ0) is 19.6. The monoisotopic (exact) mass is 399 g/mol. The number of hydrogen-bond donors (Lipinski definition) is 0. The van der Waals surface area contributed by atoms with Crippen molar-refractivity contribution in [3.8, 4) is 0 Å². The minimum Gasteiger partial charge on any atom is -0.459 e. The Morgan fingerprint density at radius 2 is 1.66 bits per heavy atom. The summed E-state index contributed by atoms with van der Waals surface area (Å²) >= 11 is 0. The van der Waals surface area contributed by atoms with Crippen molar-refractivity contribution in [3.63, 3.8) is 0 Å². The van der Waals surface area contributed by atoms with Crippen LogP contribution in [0, 0.1) is 0 Å². The van der Waals surface area contributed by atoms with Gasteiger partial charge in [-0.3, -0.25) is 4.79 Å². The van der Waals surface area contributed by atoms with Crippen LogP contribution in [0.2, 0.25) is 0 Å². The molecular formula is C20H25N5O4. The number of morpholine rings is 2. The summed E-state index contributed by atoms with van der Waals surface area (Å²) in [6, 6.07) is 3.45. The van der Waals surface area contributed by atoms with Crippen LogP contribution in [0.5, 0.6) is 0 Å². The Morgan fingerprint density at radius 3 is 2.34 bits per heavy atom. The number of carbonyl (C=O) groups excluding carboxylic acids is 1. The van der Waals surface area contributed by atoms with Gasteiger partial charge in [0.25, 0.3) is 5.91 Å². The zero-order valence-electron chi connectivity index (χ0n) is 16.4. The van der Waals surface area contributed by atoms with E-state index in [1.54, 1.807) is 12.1 Å². The molecule has 9 heteroatoms. The van der Waals surface area contributed by atoms with E-state index in [0.717, 1.165) is 49.2 Å². The molecule has 0 atom stereocenters. The van der Waals surface area contributed by atoms with Gasteiger partial charge < -0.3 is 28.6 Å². The lowest BCUT2D eigenvalue weighted by Crippen LogP contribution is -2.42. The third-order valence-electron chi connectivity index (χ3n) is 5.65. The summed E-state index contributed by atoms with van der Waals surface area (Å²) in [4.78, 5) is 28.9. The number of aromatic nitrogens is 2. The van der Waals surface area contributed by atoms with E-state index in [1.807, 2.05) is 4.90 Å². The van der Waals surface area contributed by atoms with Crippen LogP contribution in [0.4, 0.5) is 11.8 Å². The molecule has 5 rings (SSSR count). The predicted molar refractivity (Wildman–Crippen MR) is 105 cm³/mol. The van der Waals surface area contributed by atoms with E-state index in [-0.39, 0.29) is 5.91 Å². The Bertz CT molecular complexity index is 860. The van der Waals surface area contributed by atoms with Crippen molar-refractivity contribution < 1.29 is 18.7 Å². The molecule has 0 saturated carbocycles. The molecule has 3 aliphatic rings. The number of anilines is 2. The van der Waals surface area contributed by atoms with Crippen LogP contribution in [0.25, 0.3) is 0 Å². The number of rotatable bonds is 3. The molecular weight excluding hydrogens is 374 g/mol. The maximum Gasteiger partial charge on any atom is 0.289 e. The number of hydrogen-bond acceptors (Lipinski definition) is 8. The summed E-state index contributed by atoms with van der Waals surface area (Å²) in [5, 5.41) is 0. The van der Waals surface area contributed by atoms with Gasteiger partial charge in [0, 0.05) is 44.7 Å². The van der Waals surface area contributed by atoms with E-state index >= 15 is 0 Å². The van der Waals surface area contributed by atoms with E-state index in [0.29, 0.717) is 51.7 Å². The molecule has 0 N–H and O–H groups in total. The molecule has 3 aliphatic heterocycles. The normalized spacial score (nSPS) is 19.9. The van der Waals surface area contributed by atoms with Gasteiger partial charge in [-0.05, 0) is 12.1 Å². The van der Waals surface area contributed by atoms with Crippen LogP contribution < -0.4 is 9.80 Å². The highest BCUT2D eigenvalue weighted by molar-refractivity contribution is 5.91. The standard InChI is InChI=1S/C20H25N5O4/c26-19(17-2-1-9-29-17)25-4-3-16-15(14-25)18(23-5-10-27-11-6-23)22-20(21-16)24-7-12-28-13-8-24/h1-2,9H,3-8,10-14H2. The summed E-state index contributed by atoms with van der Waals surface area (Å²) in [5.41, 5.74) is 2.07. The average Bonchev–Trinajstić information content (AvgIpc) is 3.34. The summed E-state index contributed by atoms with van der Waals surface area (Å²) in [7, 11) is 0. The molecule has 2 aromatic rings. The maximum atomic E-state index is 12.8. The molecule has 154 valence electrons. The highest BCUT2D eigenvalue weighted by Crippen LogP contribution is 2.30.